The van der Waals surface area contributed by atoms with Gasteiger partial charge in [0.2, 0.25) is 6.43 Å². The summed E-state index contributed by atoms with van der Waals surface area (Å²) in [6, 6.07) is 9.46. The first kappa shape index (κ1) is 22.4. The molecular formula is C25H29F2N3O2. The maximum absolute atomic E-state index is 13.5. The van der Waals surface area contributed by atoms with E-state index in [4.69, 9.17) is 0 Å². The number of piperidine rings is 1. The van der Waals surface area contributed by atoms with Crippen molar-refractivity contribution in [1.82, 2.24) is 14.9 Å². The molecule has 0 amide bonds. The molecule has 32 heavy (non-hydrogen) atoms. The van der Waals surface area contributed by atoms with Gasteiger partial charge < -0.3 is 10.1 Å². The summed E-state index contributed by atoms with van der Waals surface area (Å²) in [5.41, 5.74) is 5.93. The van der Waals surface area contributed by atoms with Crippen LogP contribution in [0.5, 0.6) is 0 Å². The summed E-state index contributed by atoms with van der Waals surface area (Å²) in [6.45, 7) is 6.96. The second-order valence-corrected chi connectivity index (χ2v) is 8.84. The van der Waals surface area contributed by atoms with Crippen molar-refractivity contribution in [1.29, 1.82) is 0 Å². The second-order valence-electron chi connectivity index (χ2n) is 8.84. The lowest BCUT2D eigenvalue weighted by Gasteiger charge is -2.34. The van der Waals surface area contributed by atoms with Crippen LogP contribution in [0.25, 0.3) is 22.2 Å². The van der Waals surface area contributed by atoms with E-state index in [1.807, 2.05) is 36.9 Å². The highest BCUT2D eigenvalue weighted by Gasteiger charge is 2.27. The quantitative estimate of drug-likeness (QED) is 0.544. The second kappa shape index (κ2) is 8.98. The van der Waals surface area contributed by atoms with Gasteiger partial charge in [-0.25, -0.2) is 8.78 Å². The van der Waals surface area contributed by atoms with Crippen molar-refractivity contribution in [3.8, 4) is 11.3 Å². The fraction of sp³-hybridized carbons (Fsp3) is 0.440. The Balaban J connectivity index is 1.68. The minimum Gasteiger partial charge on any atom is -0.480 e. The molecule has 0 radical (unpaired) electrons. The Morgan fingerprint density at radius 2 is 1.84 bits per heavy atom. The Hall–Kier alpha value is -2.80. The maximum atomic E-state index is 13.5. The number of carbonyl (C=O) groups is 1. The van der Waals surface area contributed by atoms with E-state index in [-0.39, 0.29) is 6.42 Å². The first-order chi connectivity index (χ1) is 15.2. The topological polar surface area (TPSA) is 69.2 Å². The summed E-state index contributed by atoms with van der Waals surface area (Å²) < 4.78 is 27.1. The minimum absolute atomic E-state index is 0.291. The van der Waals surface area contributed by atoms with E-state index < -0.39 is 18.4 Å². The number of aliphatic carboxylic acids is 1. The van der Waals surface area contributed by atoms with Crippen molar-refractivity contribution in [2.75, 3.05) is 13.1 Å². The zero-order chi connectivity index (χ0) is 23.0. The SMILES string of the molecule is Cc1cc(-c2[nH]c3ccc(C4CCN(C(C)C(=O)O)CC4)cc3c2CC(F)F)cc(C)n1. The summed E-state index contributed by atoms with van der Waals surface area (Å²) in [7, 11) is 0. The maximum Gasteiger partial charge on any atom is 0.320 e. The van der Waals surface area contributed by atoms with Crippen molar-refractivity contribution >= 4 is 16.9 Å². The normalized spacial score (nSPS) is 16.7. The fourth-order valence-corrected chi connectivity index (χ4v) is 4.89. The van der Waals surface area contributed by atoms with E-state index in [0.29, 0.717) is 24.6 Å². The number of H-pyrrole nitrogens is 1. The third-order valence-electron chi connectivity index (χ3n) is 6.56. The summed E-state index contributed by atoms with van der Waals surface area (Å²) in [5, 5.41) is 10.1. The van der Waals surface area contributed by atoms with E-state index in [1.54, 1.807) is 6.92 Å². The van der Waals surface area contributed by atoms with Gasteiger partial charge in [-0.15, -0.1) is 0 Å². The van der Waals surface area contributed by atoms with Crippen LogP contribution in [-0.2, 0) is 11.2 Å². The Bertz CT molecular complexity index is 1110. The molecule has 1 atom stereocenters. The Kier molecular flexibility index (Phi) is 6.29. The smallest absolute Gasteiger partial charge is 0.320 e. The Morgan fingerprint density at radius 3 is 2.44 bits per heavy atom. The molecule has 0 bridgehead atoms. The molecule has 0 saturated carbocycles. The van der Waals surface area contributed by atoms with Crippen LogP contribution in [0.1, 0.15) is 48.2 Å². The van der Waals surface area contributed by atoms with Crippen molar-refractivity contribution in [3.63, 3.8) is 0 Å². The molecule has 2 N–H and O–H groups in total. The van der Waals surface area contributed by atoms with E-state index >= 15 is 0 Å². The van der Waals surface area contributed by atoms with Crippen LogP contribution in [0.4, 0.5) is 8.78 Å². The number of hydrogen-bond donors (Lipinski definition) is 2. The monoisotopic (exact) mass is 441 g/mol. The number of pyridine rings is 1. The van der Waals surface area contributed by atoms with Crippen LogP contribution in [0.2, 0.25) is 0 Å². The predicted molar refractivity (Wildman–Crippen MR) is 121 cm³/mol. The molecule has 0 spiro atoms. The average molecular weight is 442 g/mol. The molecule has 7 heteroatoms. The number of rotatable bonds is 6. The van der Waals surface area contributed by atoms with Crippen LogP contribution in [-0.4, -0.2) is 51.5 Å². The number of benzene rings is 1. The van der Waals surface area contributed by atoms with Gasteiger partial charge >= 0.3 is 5.97 Å². The van der Waals surface area contributed by atoms with E-state index in [9.17, 15) is 18.7 Å². The number of likely N-dealkylation sites (tertiary alicyclic amines) is 1. The van der Waals surface area contributed by atoms with Gasteiger partial charge in [-0.05, 0) is 88.0 Å². The number of nitrogens with zero attached hydrogens (tertiary/aromatic N) is 2. The summed E-state index contributed by atoms with van der Waals surface area (Å²) in [6.07, 6.45) is -1.05. The third-order valence-corrected chi connectivity index (χ3v) is 6.56. The predicted octanol–water partition coefficient (Wildman–Crippen LogP) is 5.31. The van der Waals surface area contributed by atoms with Crippen molar-refractivity contribution in [2.45, 2.75) is 58.4 Å². The number of carboxylic acid groups (broad SMARTS) is 1. The summed E-state index contributed by atoms with van der Waals surface area (Å²) in [5.74, 6) is -0.511. The van der Waals surface area contributed by atoms with E-state index in [0.717, 1.165) is 52.0 Å². The molecule has 170 valence electrons. The molecule has 3 heterocycles. The first-order valence-electron chi connectivity index (χ1n) is 11.1. The van der Waals surface area contributed by atoms with Gasteiger partial charge in [0.1, 0.15) is 6.04 Å². The number of fused-ring (bicyclic) bond motifs is 1. The molecule has 1 aliphatic rings. The lowest BCUT2D eigenvalue weighted by Crippen LogP contribution is -2.43. The number of aromatic amines is 1. The number of alkyl halides is 2. The number of carboxylic acids is 1. The molecule has 5 nitrogen and oxygen atoms in total. The number of halogens is 2. The van der Waals surface area contributed by atoms with Gasteiger partial charge in [-0.1, -0.05) is 6.07 Å². The molecule has 4 rings (SSSR count). The molecular weight excluding hydrogens is 412 g/mol. The van der Waals surface area contributed by atoms with Gasteiger partial charge in [-0.3, -0.25) is 14.7 Å². The molecule has 1 aromatic carbocycles. The molecule has 1 aliphatic heterocycles. The molecule has 1 fully saturated rings. The highest BCUT2D eigenvalue weighted by molar-refractivity contribution is 5.91. The summed E-state index contributed by atoms with van der Waals surface area (Å²) >= 11 is 0. The van der Waals surface area contributed by atoms with Crippen molar-refractivity contribution in [2.24, 2.45) is 0 Å². The molecule has 3 aromatic rings. The van der Waals surface area contributed by atoms with Crippen LogP contribution < -0.4 is 0 Å². The van der Waals surface area contributed by atoms with Crippen LogP contribution in [0.15, 0.2) is 30.3 Å². The lowest BCUT2D eigenvalue weighted by molar-refractivity contribution is -0.143. The number of aryl methyl sites for hydroxylation is 2. The van der Waals surface area contributed by atoms with Gasteiger partial charge in [0.05, 0.1) is 5.69 Å². The highest BCUT2D eigenvalue weighted by atomic mass is 19.3. The van der Waals surface area contributed by atoms with Crippen LogP contribution in [0.3, 0.4) is 0 Å². The molecule has 1 saturated heterocycles. The van der Waals surface area contributed by atoms with Gasteiger partial charge in [0, 0.05) is 34.3 Å². The van der Waals surface area contributed by atoms with Gasteiger partial charge in [-0.2, -0.15) is 0 Å². The zero-order valence-electron chi connectivity index (χ0n) is 18.7. The zero-order valence-corrected chi connectivity index (χ0v) is 18.7. The summed E-state index contributed by atoms with van der Waals surface area (Å²) in [4.78, 5) is 21.0. The Labute approximate surface area is 186 Å². The number of hydrogen-bond acceptors (Lipinski definition) is 3. The van der Waals surface area contributed by atoms with E-state index in [1.165, 1.54) is 0 Å². The lowest BCUT2D eigenvalue weighted by atomic mass is 9.88. The largest absolute Gasteiger partial charge is 0.480 e. The van der Waals surface area contributed by atoms with Gasteiger partial charge in [0.25, 0.3) is 0 Å². The standard InChI is InChI=1S/C25H29F2N3O2/c1-14-10-19(11-15(2)28-14)24-21(13-23(26)27)20-12-18(4-5-22(20)29-24)17-6-8-30(9-7-17)16(3)25(31)32/h4-5,10-12,16-17,23,29H,6-9,13H2,1-3H3,(H,31,32). The highest BCUT2D eigenvalue weighted by Crippen LogP contribution is 2.36. The number of aromatic nitrogens is 2. The molecule has 0 aliphatic carbocycles. The van der Waals surface area contributed by atoms with E-state index in [2.05, 4.69) is 22.1 Å². The van der Waals surface area contributed by atoms with Crippen molar-refractivity contribution in [3.05, 3.63) is 52.8 Å². The number of nitrogens with one attached hydrogen (secondary N) is 1. The molecule has 1 unspecified atom stereocenters. The van der Waals surface area contributed by atoms with Crippen LogP contribution in [0, 0.1) is 13.8 Å². The molecule has 2 aromatic heterocycles. The Morgan fingerprint density at radius 1 is 1.19 bits per heavy atom. The fourth-order valence-electron chi connectivity index (χ4n) is 4.89. The van der Waals surface area contributed by atoms with Crippen LogP contribution >= 0.6 is 0 Å². The average Bonchev–Trinajstić information content (AvgIpc) is 3.09. The van der Waals surface area contributed by atoms with Crippen molar-refractivity contribution < 1.29 is 18.7 Å². The minimum atomic E-state index is -2.44. The third kappa shape index (κ3) is 4.53. The first-order valence-corrected chi connectivity index (χ1v) is 11.1. The van der Waals surface area contributed by atoms with Gasteiger partial charge in [0.15, 0.2) is 0 Å².